The van der Waals surface area contributed by atoms with Gasteiger partial charge in [-0.15, -0.1) is 0 Å². The second-order valence-corrected chi connectivity index (χ2v) is 5.18. The van der Waals surface area contributed by atoms with Crippen LogP contribution in [0.5, 0.6) is 0 Å². The fourth-order valence-electron chi connectivity index (χ4n) is 2.17. The summed E-state index contributed by atoms with van der Waals surface area (Å²) >= 11 is 0. The molecule has 0 radical (unpaired) electrons. The van der Waals surface area contributed by atoms with Gasteiger partial charge in [0.1, 0.15) is 0 Å². The zero-order valence-corrected chi connectivity index (χ0v) is 11.2. The van der Waals surface area contributed by atoms with Gasteiger partial charge in [0, 0.05) is 32.8 Å². The highest BCUT2D eigenvalue weighted by Crippen LogP contribution is 2.30. The lowest BCUT2D eigenvalue weighted by Gasteiger charge is -2.29. The summed E-state index contributed by atoms with van der Waals surface area (Å²) in [6.45, 7) is 6.36. The number of rotatable bonds is 9. The van der Waals surface area contributed by atoms with Gasteiger partial charge in [-0.25, -0.2) is 0 Å². The molecular formula is C13H28N2O. The monoisotopic (exact) mass is 228 g/mol. The van der Waals surface area contributed by atoms with Crippen molar-refractivity contribution in [3.8, 4) is 0 Å². The molecule has 1 N–H and O–H groups in total. The Hall–Kier alpha value is -0.120. The Morgan fingerprint density at radius 3 is 2.69 bits per heavy atom. The molecule has 96 valence electrons. The average Bonchev–Trinajstić information content (AvgIpc) is 2.20. The molecule has 1 atom stereocenters. The van der Waals surface area contributed by atoms with Gasteiger partial charge in [0.15, 0.2) is 0 Å². The van der Waals surface area contributed by atoms with E-state index in [4.69, 9.17) is 4.74 Å². The predicted molar refractivity (Wildman–Crippen MR) is 68.8 cm³/mol. The smallest absolute Gasteiger partial charge is 0.0589 e. The summed E-state index contributed by atoms with van der Waals surface area (Å²) in [6, 6.07) is 0.682. The first kappa shape index (κ1) is 13.9. The number of ether oxygens (including phenoxy) is 1. The van der Waals surface area contributed by atoms with Crippen LogP contribution in [-0.4, -0.2) is 51.3 Å². The molecule has 1 unspecified atom stereocenters. The number of nitrogens with one attached hydrogen (secondary N) is 1. The van der Waals surface area contributed by atoms with Crippen molar-refractivity contribution < 1.29 is 4.74 Å². The fraction of sp³-hybridized carbons (Fsp3) is 1.00. The summed E-state index contributed by atoms with van der Waals surface area (Å²) in [5.41, 5.74) is 0. The Balaban J connectivity index is 1.92. The third-order valence-corrected chi connectivity index (χ3v) is 3.58. The number of hydrogen-bond acceptors (Lipinski definition) is 3. The van der Waals surface area contributed by atoms with Crippen LogP contribution in [0.4, 0.5) is 0 Å². The van der Waals surface area contributed by atoms with Crippen LogP contribution in [0.15, 0.2) is 0 Å². The first-order valence-electron chi connectivity index (χ1n) is 6.63. The van der Waals surface area contributed by atoms with E-state index in [1.807, 2.05) is 0 Å². The lowest BCUT2D eigenvalue weighted by Crippen LogP contribution is -2.37. The molecule has 3 nitrogen and oxygen atoms in total. The van der Waals surface area contributed by atoms with E-state index in [2.05, 4.69) is 24.2 Å². The van der Waals surface area contributed by atoms with E-state index in [9.17, 15) is 0 Å². The molecule has 0 aromatic rings. The van der Waals surface area contributed by atoms with Crippen LogP contribution >= 0.6 is 0 Å². The first-order chi connectivity index (χ1) is 7.72. The summed E-state index contributed by atoms with van der Waals surface area (Å²) in [7, 11) is 3.91. The van der Waals surface area contributed by atoms with Crippen LogP contribution in [0.25, 0.3) is 0 Å². The highest BCUT2D eigenvalue weighted by molar-refractivity contribution is 4.74. The van der Waals surface area contributed by atoms with Crippen molar-refractivity contribution in [1.82, 2.24) is 10.2 Å². The molecule has 0 aromatic heterocycles. The third kappa shape index (κ3) is 5.83. The Bertz CT molecular complexity index is 171. The number of hydrogen-bond donors (Lipinski definition) is 1. The second-order valence-electron chi connectivity index (χ2n) is 5.18. The maximum Gasteiger partial charge on any atom is 0.0589 e. The van der Waals surface area contributed by atoms with Crippen molar-refractivity contribution in [2.45, 2.75) is 38.6 Å². The molecule has 16 heavy (non-hydrogen) atoms. The van der Waals surface area contributed by atoms with Gasteiger partial charge in [0.05, 0.1) is 6.61 Å². The van der Waals surface area contributed by atoms with Crippen LogP contribution in [0, 0.1) is 5.92 Å². The minimum absolute atomic E-state index is 0.682. The predicted octanol–water partition coefficient (Wildman–Crippen LogP) is 1.73. The van der Waals surface area contributed by atoms with Gasteiger partial charge in [-0.1, -0.05) is 19.3 Å². The van der Waals surface area contributed by atoms with Gasteiger partial charge in [-0.2, -0.15) is 0 Å². The SMILES string of the molecule is COCCN(C)CCNC(C)CC1CCC1. The minimum Gasteiger partial charge on any atom is -0.383 e. The van der Waals surface area contributed by atoms with Gasteiger partial charge >= 0.3 is 0 Å². The van der Waals surface area contributed by atoms with E-state index < -0.39 is 0 Å². The average molecular weight is 228 g/mol. The fourth-order valence-corrected chi connectivity index (χ4v) is 2.17. The minimum atomic E-state index is 0.682. The van der Waals surface area contributed by atoms with Gasteiger partial charge in [-0.05, 0) is 26.3 Å². The summed E-state index contributed by atoms with van der Waals surface area (Å²) < 4.78 is 5.05. The van der Waals surface area contributed by atoms with Gasteiger partial charge in [-0.3, -0.25) is 0 Å². The number of nitrogens with zero attached hydrogens (tertiary/aromatic N) is 1. The summed E-state index contributed by atoms with van der Waals surface area (Å²) in [5.74, 6) is 1.01. The molecule has 3 heteroatoms. The maximum absolute atomic E-state index is 5.05. The van der Waals surface area contributed by atoms with Crippen LogP contribution in [-0.2, 0) is 4.74 Å². The summed E-state index contributed by atoms with van der Waals surface area (Å²) in [5, 5.41) is 3.61. The lowest BCUT2D eigenvalue weighted by atomic mass is 9.81. The maximum atomic E-state index is 5.05. The second kappa shape index (κ2) is 8.04. The van der Waals surface area contributed by atoms with E-state index >= 15 is 0 Å². The normalized spacial score (nSPS) is 18.8. The zero-order chi connectivity index (χ0) is 11.8. The van der Waals surface area contributed by atoms with E-state index in [-0.39, 0.29) is 0 Å². The molecule has 1 fully saturated rings. The molecule has 0 heterocycles. The molecule has 1 aliphatic carbocycles. The first-order valence-corrected chi connectivity index (χ1v) is 6.63. The van der Waals surface area contributed by atoms with Crippen molar-refractivity contribution in [3.05, 3.63) is 0 Å². The quantitative estimate of drug-likeness (QED) is 0.650. The highest BCUT2D eigenvalue weighted by atomic mass is 16.5. The Labute approximate surface area is 101 Å². The van der Waals surface area contributed by atoms with Gasteiger partial charge in [0.25, 0.3) is 0 Å². The molecule has 1 aliphatic rings. The van der Waals surface area contributed by atoms with Crippen LogP contribution in [0.1, 0.15) is 32.6 Å². The van der Waals surface area contributed by atoms with E-state index in [1.165, 1.54) is 25.7 Å². The summed E-state index contributed by atoms with van der Waals surface area (Å²) in [6.07, 6.45) is 5.73. The Morgan fingerprint density at radius 2 is 2.12 bits per heavy atom. The van der Waals surface area contributed by atoms with Crippen molar-refractivity contribution in [1.29, 1.82) is 0 Å². The van der Waals surface area contributed by atoms with E-state index in [1.54, 1.807) is 7.11 Å². The van der Waals surface area contributed by atoms with Crippen molar-refractivity contribution in [3.63, 3.8) is 0 Å². The molecule has 1 rings (SSSR count). The van der Waals surface area contributed by atoms with E-state index in [0.717, 1.165) is 32.2 Å². The number of methoxy groups -OCH3 is 1. The number of likely N-dealkylation sites (N-methyl/N-ethyl adjacent to an activating group) is 1. The molecule has 0 amide bonds. The van der Waals surface area contributed by atoms with Crippen LogP contribution in [0.3, 0.4) is 0 Å². The molecule has 1 saturated carbocycles. The van der Waals surface area contributed by atoms with Crippen LogP contribution < -0.4 is 5.32 Å². The molecule has 0 saturated heterocycles. The molecular weight excluding hydrogens is 200 g/mol. The molecule has 0 aliphatic heterocycles. The topological polar surface area (TPSA) is 24.5 Å². The standard InChI is InChI=1S/C13H28N2O/c1-12(11-13-5-4-6-13)14-7-8-15(2)9-10-16-3/h12-14H,4-11H2,1-3H3. The van der Waals surface area contributed by atoms with Gasteiger partial charge in [0.2, 0.25) is 0 Å². The molecule has 0 bridgehead atoms. The Morgan fingerprint density at radius 1 is 1.38 bits per heavy atom. The summed E-state index contributed by atoms with van der Waals surface area (Å²) in [4.78, 5) is 2.31. The Kier molecular flexibility index (Phi) is 7.01. The largest absolute Gasteiger partial charge is 0.383 e. The molecule has 0 spiro atoms. The highest BCUT2D eigenvalue weighted by Gasteiger charge is 2.19. The van der Waals surface area contributed by atoms with Gasteiger partial charge < -0.3 is 15.0 Å². The van der Waals surface area contributed by atoms with Crippen molar-refractivity contribution in [2.24, 2.45) is 5.92 Å². The van der Waals surface area contributed by atoms with E-state index in [0.29, 0.717) is 6.04 Å². The zero-order valence-electron chi connectivity index (χ0n) is 11.2. The van der Waals surface area contributed by atoms with Crippen molar-refractivity contribution >= 4 is 0 Å². The molecule has 0 aromatic carbocycles. The van der Waals surface area contributed by atoms with Crippen molar-refractivity contribution in [2.75, 3.05) is 40.4 Å². The van der Waals surface area contributed by atoms with Crippen LogP contribution in [0.2, 0.25) is 0 Å². The lowest BCUT2D eigenvalue weighted by molar-refractivity contribution is 0.160. The third-order valence-electron chi connectivity index (χ3n) is 3.58.